The van der Waals surface area contributed by atoms with Crippen molar-refractivity contribution in [1.29, 1.82) is 0 Å². The van der Waals surface area contributed by atoms with Crippen LogP contribution in [0.5, 0.6) is 0 Å². The maximum absolute atomic E-state index is 11.9. The van der Waals surface area contributed by atoms with Crippen molar-refractivity contribution in [2.24, 2.45) is 4.99 Å². The molecule has 22 heavy (non-hydrogen) atoms. The maximum atomic E-state index is 11.9. The number of rotatable bonds is 6. The minimum Gasteiger partial charge on any atom is -0.467 e. The molecule has 6 heteroatoms. The lowest BCUT2D eigenvalue weighted by atomic mass is 9.95. The Morgan fingerprint density at radius 3 is 2.82 bits per heavy atom. The zero-order valence-electron chi connectivity index (χ0n) is 13.2. The van der Waals surface area contributed by atoms with Crippen molar-refractivity contribution in [3.8, 4) is 0 Å². The van der Waals surface area contributed by atoms with Gasteiger partial charge in [-0.25, -0.2) is 0 Å². The number of carbonyl (C=O) groups is 1. The lowest BCUT2D eigenvalue weighted by Gasteiger charge is -2.22. The third-order valence-corrected chi connectivity index (χ3v) is 3.85. The average Bonchev–Trinajstić information content (AvgIpc) is 3.05. The lowest BCUT2D eigenvalue weighted by Crippen LogP contribution is -2.41. The summed E-state index contributed by atoms with van der Waals surface area (Å²) in [5, 5.41) is 9.39. The van der Waals surface area contributed by atoms with Gasteiger partial charge in [-0.2, -0.15) is 0 Å². The van der Waals surface area contributed by atoms with Crippen LogP contribution in [0.15, 0.2) is 27.8 Å². The highest BCUT2D eigenvalue weighted by molar-refractivity contribution is 5.81. The van der Waals surface area contributed by atoms with E-state index in [1.165, 1.54) is 19.3 Å². The number of hydrogen-bond acceptors (Lipinski definition) is 3. The average molecular weight is 306 g/mol. The second-order valence-electron chi connectivity index (χ2n) is 5.58. The largest absolute Gasteiger partial charge is 0.467 e. The van der Waals surface area contributed by atoms with Crippen molar-refractivity contribution in [3.63, 3.8) is 0 Å². The highest BCUT2D eigenvalue weighted by Crippen LogP contribution is 2.17. The van der Waals surface area contributed by atoms with E-state index in [2.05, 4.69) is 20.9 Å². The number of guanidine groups is 1. The molecule has 0 bridgehead atoms. The Labute approximate surface area is 131 Å². The normalized spacial score (nSPS) is 16.3. The molecule has 0 unspecified atom stereocenters. The zero-order valence-corrected chi connectivity index (χ0v) is 13.2. The minimum absolute atomic E-state index is 0.112. The van der Waals surface area contributed by atoms with Crippen molar-refractivity contribution >= 4 is 11.9 Å². The second kappa shape index (κ2) is 9.12. The molecule has 0 saturated heterocycles. The van der Waals surface area contributed by atoms with Gasteiger partial charge in [-0.15, -0.1) is 0 Å². The van der Waals surface area contributed by atoms with Crippen molar-refractivity contribution in [2.75, 3.05) is 13.6 Å². The van der Waals surface area contributed by atoms with E-state index in [1.54, 1.807) is 13.3 Å². The van der Waals surface area contributed by atoms with Gasteiger partial charge in [0.05, 0.1) is 12.8 Å². The first-order valence-corrected chi connectivity index (χ1v) is 8.04. The molecule has 0 spiro atoms. The molecule has 1 aromatic heterocycles. The molecule has 122 valence electrons. The van der Waals surface area contributed by atoms with Crippen LogP contribution in [0.2, 0.25) is 0 Å². The van der Waals surface area contributed by atoms with E-state index in [-0.39, 0.29) is 5.91 Å². The molecule has 3 N–H and O–H groups in total. The summed E-state index contributed by atoms with van der Waals surface area (Å²) in [7, 11) is 1.71. The Morgan fingerprint density at radius 1 is 1.32 bits per heavy atom. The Morgan fingerprint density at radius 2 is 2.14 bits per heavy atom. The minimum atomic E-state index is 0.112. The second-order valence-corrected chi connectivity index (χ2v) is 5.58. The number of hydrogen-bond donors (Lipinski definition) is 3. The molecule has 1 aliphatic carbocycles. The smallest absolute Gasteiger partial charge is 0.221 e. The lowest BCUT2D eigenvalue weighted by molar-refractivity contribution is -0.121. The molecule has 0 radical (unpaired) electrons. The molecule has 1 heterocycles. The van der Waals surface area contributed by atoms with Crippen LogP contribution in [-0.2, 0) is 11.3 Å². The van der Waals surface area contributed by atoms with Crippen LogP contribution in [0.1, 0.15) is 44.3 Å². The molecule has 1 aliphatic rings. The molecule has 1 fully saturated rings. The number of aliphatic imine (C=N–C) groups is 1. The molecular weight excluding hydrogens is 280 g/mol. The molecule has 0 atom stereocenters. The van der Waals surface area contributed by atoms with Crippen LogP contribution < -0.4 is 16.0 Å². The number of amides is 1. The number of carbonyl (C=O) groups excluding carboxylic acids is 1. The first-order chi connectivity index (χ1) is 10.8. The monoisotopic (exact) mass is 306 g/mol. The number of nitrogens with one attached hydrogen (secondary N) is 3. The Balaban J connectivity index is 1.60. The van der Waals surface area contributed by atoms with Gasteiger partial charge < -0.3 is 20.4 Å². The molecule has 2 rings (SSSR count). The third kappa shape index (κ3) is 5.79. The predicted octanol–water partition coefficient (Wildman–Crippen LogP) is 1.78. The fourth-order valence-corrected chi connectivity index (χ4v) is 2.65. The standard InChI is InChI=1S/C16H26N4O2/c1-17-16(19-12-14-8-5-11-22-14)18-10-9-15(21)20-13-6-3-2-4-7-13/h5,8,11,13H,2-4,6-7,9-10,12H2,1H3,(H,20,21)(H2,17,18,19). The Bertz CT molecular complexity index is 465. The van der Waals surface area contributed by atoms with Gasteiger partial charge in [0.1, 0.15) is 5.76 Å². The summed E-state index contributed by atoms with van der Waals surface area (Å²) in [5.74, 6) is 1.63. The topological polar surface area (TPSA) is 78.7 Å². The third-order valence-electron chi connectivity index (χ3n) is 3.85. The highest BCUT2D eigenvalue weighted by Gasteiger charge is 2.15. The van der Waals surface area contributed by atoms with Crippen LogP contribution in [0, 0.1) is 0 Å². The number of furan rings is 1. The molecule has 6 nitrogen and oxygen atoms in total. The van der Waals surface area contributed by atoms with Gasteiger partial charge >= 0.3 is 0 Å². The van der Waals surface area contributed by atoms with Gasteiger partial charge in [0.25, 0.3) is 0 Å². The molecule has 1 aromatic rings. The molecule has 1 saturated carbocycles. The van der Waals surface area contributed by atoms with Gasteiger partial charge in [0.2, 0.25) is 5.91 Å². The summed E-state index contributed by atoms with van der Waals surface area (Å²) >= 11 is 0. The van der Waals surface area contributed by atoms with Crippen LogP contribution in [0.3, 0.4) is 0 Å². The van der Waals surface area contributed by atoms with E-state index in [4.69, 9.17) is 4.42 Å². The van der Waals surface area contributed by atoms with Gasteiger partial charge in [-0.1, -0.05) is 19.3 Å². The summed E-state index contributed by atoms with van der Waals surface area (Å²) < 4.78 is 5.25. The van der Waals surface area contributed by atoms with Gasteiger partial charge in [0, 0.05) is 26.1 Å². The van der Waals surface area contributed by atoms with Gasteiger partial charge in [-0.3, -0.25) is 9.79 Å². The summed E-state index contributed by atoms with van der Waals surface area (Å²) in [5.41, 5.74) is 0. The van der Waals surface area contributed by atoms with Crippen molar-refractivity contribution in [2.45, 2.75) is 51.1 Å². The van der Waals surface area contributed by atoms with Crippen molar-refractivity contribution in [3.05, 3.63) is 24.2 Å². The van der Waals surface area contributed by atoms with Crippen LogP contribution in [-0.4, -0.2) is 31.5 Å². The van der Waals surface area contributed by atoms with E-state index in [0.717, 1.165) is 18.6 Å². The molecule has 0 aromatic carbocycles. The van der Waals surface area contributed by atoms with E-state index in [1.807, 2.05) is 12.1 Å². The summed E-state index contributed by atoms with van der Waals surface area (Å²) in [6, 6.07) is 4.12. The Kier molecular flexibility index (Phi) is 6.80. The van der Waals surface area contributed by atoms with Crippen LogP contribution in [0.4, 0.5) is 0 Å². The fourth-order valence-electron chi connectivity index (χ4n) is 2.65. The van der Waals surface area contributed by atoms with E-state index < -0.39 is 0 Å². The highest BCUT2D eigenvalue weighted by atomic mass is 16.3. The molecular formula is C16H26N4O2. The van der Waals surface area contributed by atoms with Crippen LogP contribution >= 0.6 is 0 Å². The fraction of sp³-hybridized carbons (Fsp3) is 0.625. The first kappa shape index (κ1) is 16.4. The predicted molar refractivity (Wildman–Crippen MR) is 86.5 cm³/mol. The van der Waals surface area contributed by atoms with Crippen molar-refractivity contribution in [1.82, 2.24) is 16.0 Å². The Hall–Kier alpha value is -1.98. The van der Waals surface area contributed by atoms with Crippen molar-refractivity contribution < 1.29 is 9.21 Å². The molecule has 0 aliphatic heterocycles. The van der Waals surface area contributed by atoms with Gasteiger partial charge in [0.15, 0.2) is 5.96 Å². The summed E-state index contributed by atoms with van der Waals surface area (Å²) in [4.78, 5) is 16.0. The zero-order chi connectivity index (χ0) is 15.6. The van der Waals surface area contributed by atoms with Crippen LogP contribution in [0.25, 0.3) is 0 Å². The van der Waals surface area contributed by atoms with E-state index in [9.17, 15) is 4.79 Å². The summed E-state index contributed by atoms with van der Waals surface area (Å²) in [6.07, 6.45) is 8.09. The van der Waals surface area contributed by atoms with Gasteiger partial charge in [-0.05, 0) is 25.0 Å². The van der Waals surface area contributed by atoms with E-state index >= 15 is 0 Å². The quantitative estimate of drug-likeness (QED) is 0.553. The summed E-state index contributed by atoms with van der Waals surface area (Å²) in [6.45, 7) is 1.14. The molecule has 1 amide bonds. The maximum Gasteiger partial charge on any atom is 0.221 e. The van der Waals surface area contributed by atoms with E-state index in [0.29, 0.717) is 31.5 Å². The number of nitrogens with zero attached hydrogens (tertiary/aromatic N) is 1. The first-order valence-electron chi connectivity index (χ1n) is 8.04. The SMILES string of the molecule is CN=C(NCCC(=O)NC1CCCCC1)NCc1ccco1.